The van der Waals surface area contributed by atoms with Crippen LogP contribution in [0.25, 0.3) is 0 Å². The Morgan fingerprint density at radius 2 is 2.17 bits per heavy atom. The van der Waals surface area contributed by atoms with Crippen LogP contribution in [-0.2, 0) is 6.54 Å². The summed E-state index contributed by atoms with van der Waals surface area (Å²) in [6.07, 6.45) is 1.17. The van der Waals surface area contributed by atoms with Gasteiger partial charge in [-0.25, -0.2) is 4.99 Å². The van der Waals surface area contributed by atoms with Gasteiger partial charge in [0.25, 0.3) is 0 Å². The number of rotatable bonds is 4. The van der Waals surface area contributed by atoms with Gasteiger partial charge < -0.3 is 20.1 Å². The van der Waals surface area contributed by atoms with Gasteiger partial charge in [0.1, 0.15) is 11.5 Å². The van der Waals surface area contributed by atoms with Crippen LogP contribution in [0.2, 0.25) is 0 Å². The smallest absolute Gasteiger partial charge is 0.194 e. The lowest BCUT2D eigenvalue weighted by Crippen LogP contribution is -2.40. The van der Waals surface area contributed by atoms with Crippen LogP contribution >= 0.6 is 24.0 Å². The quantitative estimate of drug-likeness (QED) is 0.435. The SMILES string of the molecule is CCNC(=NCc1cc(OC)ccc1O)N1CCC(C)(C)C1.I. The van der Waals surface area contributed by atoms with Gasteiger partial charge in [0.15, 0.2) is 5.96 Å². The van der Waals surface area contributed by atoms with Crippen molar-refractivity contribution in [3.8, 4) is 11.5 Å². The molecule has 0 aromatic heterocycles. The van der Waals surface area contributed by atoms with Crippen molar-refractivity contribution in [1.29, 1.82) is 0 Å². The van der Waals surface area contributed by atoms with Crippen molar-refractivity contribution in [3.63, 3.8) is 0 Å². The van der Waals surface area contributed by atoms with Gasteiger partial charge in [-0.15, -0.1) is 24.0 Å². The minimum absolute atomic E-state index is 0. The van der Waals surface area contributed by atoms with Crippen molar-refractivity contribution in [2.75, 3.05) is 26.7 Å². The van der Waals surface area contributed by atoms with Gasteiger partial charge in [-0.2, -0.15) is 0 Å². The molecule has 1 aromatic rings. The number of methoxy groups -OCH3 is 1. The lowest BCUT2D eigenvalue weighted by atomic mass is 9.93. The van der Waals surface area contributed by atoms with Crippen molar-refractivity contribution in [2.24, 2.45) is 10.4 Å². The van der Waals surface area contributed by atoms with E-state index in [1.807, 2.05) is 6.07 Å². The third-order valence-electron chi connectivity index (χ3n) is 4.00. The van der Waals surface area contributed by atoms with Crippen LogP contribution in [0, 0.1) is 5.41 Å². The number of aromatic hydroxyl groups is 1. The number of nitrogens with zero attached hydrogens (tertiary/aromatic N) is 2. The Labute approximate surface area is 156 Å². The second-order valence-electron chi connectivity index (χ2n) is 6.50. The fraction of sp³-hybridized carbons (Fsp3) is 0.588. The average molecular weight is 433 g/mol. The molecule has 1 fully saturated rings. The topological polar surface area (TPSA) is 57.1 Å². The molecule has 6 heteroatoms. The van der Waals surface area contributed by atoms with Crippen LogP contribution in [0.5, 0.6) is 11.5 Å². The average Bonchev–Trinajstić information content (AvgIpc) is 2.85. The number of likely N-dealkylation sites (tertiary alicyclic amines) is 1. The normalized spacial score (nSPS) is 16.9. The Hall–Kier alpha value is -1.18. The zero-order valence-corrected chi connectivity index (χ0v) is 16.8. The molecule has 1 aromatic carbocycles. The van der Waals surface area contributed by atoms with E-state index in [0.29, 0.717) is 12.0 Å². The number of aliphatic imine (C=N–C) groups is 1. The molecule has 0 spiro atoms. The zero-order valence-electron chi connectivity index (χ0n) is 14.4. The predicted molar refractivity (Wildman–Crippen MR) is 105 cm³/mol. The van der Waals surface area contributed by atoms with Gasteiger partial charge in [0.2, 0.25) is 0 Å². The maximum Gasteiger partial charge on any atom is 0.194 e. The van der Waals surface area contributed by atoms with Crippen molar-refractivity contribution >= 4 is 29.9 Å². The molecule has 0 bridgehead atoms. The molecule has 1 heterocycles. The highest BCUT2D eigenvalue weighted by Gasteiger charge is 2.30. The van der Waals surface area contributed by atoms with Crippen LogP contribution in [0.15, 0.2) is 23.2 Å². The van der Waals surface area contributed by atoms with Gasteiger partial charge in [-0.1, -0.05) is 13.8 Å². The Morgan fingerprint density at radius 1 is 1.43 bits per heavy atom. The molecule has 0 aliphatic carbocycles. The fourth-order valence-electron chi connectivity index (χ4n) is 2.69. The van der Waals surface area contributed by atoms with Gasteiger partial charge >= 0.3 is 0 Å². The molecule has 1 saturated heterocycles. The van der Waals surface area contributed by atoms with Crippen molar-refractivity contribution in [2.45, 2.75) is 33.7 Å². The zero-order chi connectivity index (χ0) is 16.2. The third kappa shape index (κ3) is 5.44. The second kappa shape index (κ2) is 8.61. The molecular weight excluding hydrogens is 405 g/mol. The van der Waals surface area contributed by atoms with Crippen molar-refractivity contribution in [3.05, 3.63) is 23.8 Å². The molecule has 0 atom stereocenters. The summed E-state index contributed by atoms with van der Waals surface area (Å²) in [5.74, 6) is 1.90. The predicted octanol–water partition coefficient (Wildman–Crippen LogP) is 3.22. The molecule has 1 aliphatic rings. The monoisotopic (exact) mass is 433 g/mol. The van der Waals surface area contributed by atoms with E-state index in [0.717, 1.165) is 36.9 Å². The molecule has 1 aliphatic heterocycles. The van der Waals surface area contributed by atoms with E-state index in [1.54, 1.807) is 19.2 Å². The maximum atomic E-state index is 9.96. The lowest BCUT2D eigenvalue weighted by Gasteiger charge is -2.23. The molecular formula is C17H28IN3O2. The van der Waals surface area contributed by atoms with Crippen molar-refractivity contribution < 1.29 is 9.84 Å². The van der Waals surface area contributed by atoms with Gasteiger partial charge in [-0.3, -0.25) is 0 Å². The molecule has 23 heavy (non-hydrogen) atoms. The first-order chi connectivity index (χ1) is 10.4. The number of phenols is 1. The van der Waals surface area contributed by atoms with Gasteiger partial charge in [0, 0.05) is 25.2 Å². The Bertz CT molecular complexity index is 547. The number of ether oxygens (including phenoxy) is 1. The maximum absolute atomic E-state index is 9.96. The molecule has 2 N–H and O–H groups in total. The lowest BCUT2D eigenvalue weighted by molar-refractivity contribution is 0.370. The highest BCUT2D eigenvalue weighted by atomic mass is 127. The van der Waals surface area contributed by atoms with Crippen LogP contribution in [0.3, 0.4) is 0 Å². The minimum Gasteiger partial charge on any atom is -0.508 e. The van der Waals surface area contributed by atoms with Gasteiger partial charge in [-0.05, 0) is 37.0 Å². The molecule has 5 nitrogen and oxygen atoms in total. The number of hydrogen-bond donors (Lipinski definition) is 2. The van der Waals surface area contributed by atoms with E-state index in [1.165, 1.54) is 6.42 Å². The summed E-state index contributed by atoms with van der Waals surface area (Å²) in [4.78, 5) is 6.98. The van der Waals surface area contributed by atoms with Crippen LogP contribution in [-0.4, -0.2) is 42.7 Å². The van der Waals surface area contributed by atoms with E-state index in [4.69, 9.17) is 4.74 Å². The summed E-state index contributed by atoms with van der Waals surface area (Å²) in [5.41, 5.74) is 1.10. The number of benzene rings is 1. The minimum atomic E-state index is 0. The highest BCUT2D eigenvalue weighted by molar-refractivity contribution is 14.0. The summed E-state index contributed by atoms with van der Waals surface area (Å²) in [6.45, 7) is 9.92. The first kappa shape index (κ1) is 19.9. The molecule has 2 rings (SSSR count). The molecule has 0 unspecified atom stereocenters. The summed E-state index contributed by atoms with van der Waals surface area (Å²) >= 11 is 0. The number of nitrogens with one attached hydrogen (secondary N) is 1. The molecule has 0 amide bonds. The Kier molecular flexibility index (Phi) is 7.44. The van der Waals surface area contributed by atoms with Gasteiger partial charge in [0.05, 0.1) is 13.7 Å². The Balaban J connectivity index is 0.00000264. The molecule has 0 saturated carbocycles. The first-order valence-electron chi connectivity index (χ1n) is 7.84. The van der Waals surface area contributed by atoms with Crippen LogP contribution in [0.4, 0.5) is 0 Å². The van der Waals surface area contributed by atoms with E-state index in [2.05, 4.69) is 36.0 Å². The summed E-state index contributed by atoms with van der Waals surface area (Å²) in [7, 11) is 1.62. The fourth-order valence-corrected chi connectivity index (χ4v) is 2.69. The second-order valence-corrected chi connectivity index (χ2v) is 6.50. The van der Waals surface area contributed by atoms with Crippen LogP contribution < -0.4 is 10.1 Å². The third-order valence-corrected chi connectivity index (χ3v) is 4.00. The summed E-state index contributed by atoms with van der Waals surface area (Å²) in [6, 6.07) is 5.22. The number of guanidine groups is 1. The van der Waals surface area contributed by atoms with Crippen molar-refractivity contribution in [1.82, 2.24) is 10.2 Å². The number of phenolic OH excluding ortho intramolecular Hbond substituents is 1. The van der Waals surface area contributed by atoms with E-state index in [9.17, 15) is 5.11 Å². The molecule has 130 valence electrons. The van der Waals surface area contributed by atoms with E-state index >= 15 is 0 Å². The summed E-state index contributed by atoms with van der Waals surface area (Å²) in [5, 5.41) is 13.3. The van der Waals surface area contributed by atoms with E-state index < -0.39 is 0 Å². The molecule has 0 radical (unpaired) electrons. The Morgan fingerprint density at radius 3 is 2.74 bits per heavy atom. The number of hydrogen-bond acceptors (Lipinski definition) is 3. The first-order valence-corrected chi connectivity index (χ1v) is 7.84. The standard InChI is InChI=1S/C17H27N3O2.HI/c1-5-18-16(20-9-8-17(2,3)12-20)19-11-13-10-14(22-4)6-7-15(13)21;/h6-7,10,21H,5,8-9,11-12H2,1-4H3,(H,18,19);1H. The van der Waals surface area contributed by atoms with E-state index in [-0.39, 0.29) is 29.7 Å². The summed E-state index contributed by atoms with van der Waals surface area (Å²) < 4.78 is 5.21. The highest BCUT2D eigenvalue weighted by Crippen LogP contribution is 2.29. The number of halogens is 1. The largest absolute Gasteiger partial charge is 0.508 e. The van der Waals surface area contributed by atoms with Crippen LogP contribution in [0.1, 0.15) is 32.8 Å².